The highest BCUT2D eigenvalue weighted by Crippen LogP contribution is 2.17. The maximum atomic E-state index is 12.4. The van der Waals surface area contributed by atoms with Gasteiger partial charge in [-0.15, -0.1) is 0 Å². The Bertz CT molecular complexity index is 1120. The maximum absolute atomic E-state index is 12.4. The van der Waals surface area contributed by atoms with Gasteiger partial charge in [-0.1, -0.05) is 30.3 Å². The van der Waals surface area contributed by atoms with Crippen molar-refractivity contribution in [1.29, 1.82) is 0 Å². The van der Waals surface area contributed by atoms with Crippen molar-refractivity contribution in [3.63, 3.8) is 0 Å². The number of nitrogens with zero attached hydrogens (tertiary/aromatic N) is 6. The smallest absolute Gasteiger partial charge is 0.267 e. The van der Waals surface area contributed by atoms with E-state index in [0.29, 0.717) is 23.8 Å². The molecule has 0 aliphatic heterocycles. The summed E-state index contributed by atoms with van der Waals surface area (Å²) >= 11 is 0. The van der Waals surface area contributed by atoms with E-state index < -0.39 is 0 Å². The molecule has 1 N–H and O–H groups in total. The van der Waals surface area contributed by atoms with E-state index in [1.165, 1.54) is 10.7 Å². The van der Waals surface area contributed by atoms with Gasteiger partial charge in [0.2, 0.25) is 5.95 Å². The molecule has 0 unspecified atom stereocenters. The minimum absolute atomic E-state index is 0.184. The molecule has 0 radical (unpaired) electrons. The molecule has 0 atom stereocenters. The van der Waals surface area contributed by atoms with Crippen LogP contribution in [0.15, 0.2) is 71.9 Å². The highest BCUT2D eigenvalue weighted by atomic mass is 16.1. The van der Waals surface area contributed by atoms with Gasteiger partial charge in [-0.25, -0.2) is 14.6 Å². The normalized spacial score (nSPS) is 10.7. The van der Waals surface area contributed by atoms with Crippen molar-refractivity contribution in [1.82, 2.24) is 29.5 Å². The zero-order chi connectivity index (χ0) is 18.6. The topological polar surface area (TPSA) is 90.5 Å². The molecular weight excluding hydrogens is 342 g/mol. The number of nitrogens with one attached hydrogen (secondary N) is 1. The zero-order valence-electron chi connectivity index (χ0n) is 14.6. The molecule has 0 spiro atoms. The number of aromatic nitrogens is 6. The van der Waals surface area contributed by atoms with Crippen LogP contribution in [0.25, 0.3) is 11.3 Å². The second kappa shape index (κ2) is 7.20. The van der Waals surface area contributed by atoms with Crippen LogP contribution in [0.2, 0.25) is 0 Å². The summed E-state index contributed by atoms with van der Waals surface area (Å²) in [5, 5.41) is 11.5. The first kappa shape index (κ1) is 16.6. The Kier molecular flexibility index (Phi) is 4.44. The first-order chi connectivity index (χ1) is 13.2. The molecule has 8 heteroatoms. The number of aryl methyl sites for hydroxylation is 1. The third-order valence-electron chi connectivity index (χ3n) is 4.06. The van der Waals surface area contributed by atoms with Gasteiger partial charge in [0.25, 0.3) is 5.56 Å². The summed E-state index contributed by atoms with van der Waals surface area (Å²) < 4.78 is 3.11. The zero-order valence-corrected chi connectivity index (χ0v) is 14.6. The maximum Gasteiger partial charge on any atom is 0.267 e. The number of hydrogen-bond acceptors (Lipinski definition) is 6. The van der Waals surface area contributed by atoms with Gasteiger partial charge in [0.15, 0.2) is 0 Å². The van der Waals surface area contributed by atoms with Crippen LogP contribution in [0.5, 0.6) is 0 Å². The van der Waals surface area contributed by atoms with Gasteiger partial charge in [-0.05, 0) is 11.6 Å². The summed E-state index contributed by atoms with van der Waals surface area (Å²) in [6.45, 7) is 0.428. The molecule has 0 saturated heterocycles. The van der Waals surface area contributed by atoms with E-state index in [1.807, 2.05) is 43.4 Å². The van der Waals surface area contributed by atoms with Crippen molar-refractivity contribution in [3.05, 3.63) is 83.0 Å². The number of anilines is 2. The average molecular weight is 359 g/mol. The van der Waals surface area contributed by atoms with E-state index >= 15 is 0 Å². The van der Waals surface area contributed by atoms with Crippen LogP contribution >= 0.6 is 0 Å². The quantitative estimate of drug-likeness (QED) is 0.588. The van der Waals surface area contributed by atoms with Gasteiger partial charge in [-0.3, -0.25) is 9.48 Å². The third-order valence-corrected chi connectivity index (χ3v) is 4.06. The van der Waals surface area contributed by atoms with Crippen LogP contribution < -0.4 is 10.9 Å². The summed E-state index contributed by atoms with van der Waals surface area (Å²) in [7, 11) is 1.82. The molecule has 0 bridgehead atoms. The Balaban J connectivity index is 1.58. The van der Waals surface area contributed by atoms with Crippen LogP contribution in [-0.2, 0) is 13.6 Å². The monoisotopic (exact) mass is 359 g/mol. The predicted octanol–water partition coefficient (Wildman–Crippen LogP) is 2.23. The Morgan fingerprint density at radius 3 is 2.63 bits per heavy atom. The number of benzene rings is 1. The summed E-state index contributed by atoms with van der Waals surface area (Å²) in [6, 6.07) is 14.8. The molecule has 0 fully saturated rings. The second-order valence-electron chi connectivity index (χ2n) is 5.96. The average Bonchev–Trinajstić information content (AvgIpc) is 3.09. The molecule has 0 aliphatic rings. The standard InChI is InChI=1S/C19H17N7O/c1-25-17(8-10-21-25)24-19-20-9-7-16(23-19)15-11-18(27)26(22-12-15)13-14-5-3-2-4-6-14/h2-12H,13H2,1H3,(H,20,23,24). The van der Waals surface area contributed by atoms with E-state index in [0.717, 1.165) is 11.4 Å². The van der Waals surface area contributed by atoms with Gasteiger partial charge in [0, 0.05) is 30.9 Å². The first-order valence-corrected chi connectivity index (χ1v) is 8.38. The molecule has 3 aromatic heterocycles. The molecule has 0 saturated carbocycles. The van der Waals surface area contributed by atoms with Crippen LogP contribution in [0.4, 0.5) is 11.8 Å². The van der Waals surface area contributed by atoms with E-state index in [2.05, 4.69) is 25.5 Å². The number of rotatable bonds is 5. The molecule has 3 heterocycles. The van der Waals surface area contributed by atoms with Gasteiger partial charge in [0.05, 0.1) is 24.6 Å². The van der Waals surface area contributed by atoms with Crippen molar-refractivity contribution >= 4 is 11.8 Å². The third kappa shape index (κ3) is 3.74. The lowest BCUT2D eigenvalue weighted by Crippen LogP contribution is -2.22. The summed E-state index contributed by atoms with van der Waals surface area (Å²) in [6.07, 6.45) is 4.96. The van der Waals surface area contributed by atoms with E-state index in [1.54, 1.807) is 29.3 Å². The lowest BCUT2D eigenvalue weighted by Gasteiger charge is -2.08. The van der Waals surface area contributed by atoms with Gasteiger partial charge < -0.3 is 5.32 Å². The molecule has 0 amide bonds. The minimum Gasteiger partial charge on any atom is -0.309 e. The fourth-order valence-corrected chi connectivity index (χ4v) is 2.64. The fraction of sp³-hybridized carbons (Fsp3) is 0.105. The molecular formula is C19H17N7O. The highest BCUT2D eigenvalue weighted by Gasteiger charge is 2.07. The molecule has 4 rings (SSSR count). The summed E-state index contributed by atoms with van der Waals surface area (Å²) in [5.41, 5.74) is 2.09. The lowest BCUT2D eigenvalue weighted by atomic mass is 10.2. The Hall–Kier alpha value is -3.81. The van der Waals surface area contributed by atoms with Gasteiger partial charge in [-0.2, -0.15) is 10.2 Å². The van der Waals surface area contributed by atoms with Crippen molar-refractivity contribution in [3.8, 4) is 11.3 Å². The van der Waals surface area contributed by atoms with Crippen molar-refractivity contribution < 1.29 is 0 Å². The molecule has 4 aromatic rings. The Labute approximate surface area is 155 Å². The van der Waals surface area contributed by atoms with Crippen LogP contribution in [0.1, 0.15) is 5.56 Å². The molecule has 27 heavy (non-hydrogen) atoms. The van der Waals surface area contributed by atoms with E-state index in [9.17, 15) is 4.79 Å². The first-order valence-electron chi connectivity index (χ1n) is 8.38. The Morgan fingerprint density at radius 2 is 1.89 bits per heavy atom. The van der Waals surface area contributed by atoms with Gasteiger partial charge >= 0.3 is 0 Å². The SMILES string of the molecule is Cn1nccc1Nc1nccc(-c2cnn(Cc3ccccc3)c(=O)c2)n1. The molecule has 1 aromatic carbocycles. The predicted molar refractivity (Wildman–Crippen MR) is 102 cm³/mol. The van der Waals surface area contributed by atoms with Crippen LogP contribution in [0, 0.1) is 0 Å². The van der Waals surface area contributed by atoms with E-state index in [4.69, 9.17) is 0 Å². The lowest BCUT2D eigenvalue weighted by molar-refractivity contribution is 0.639. The molecule has 0 aliphatic carbocycles. The Morgan fingerprint density at radius 1 is 1.04 bits per heavy atom. The molecule has 8 nitrogen and oxygen atoms in total. The van der Waals surface area contributed by atoms with Crippen LogP contribution in [0.3, 0.4) is 0 Å². The highest BCUT2D eigenvalue weighted by molar-refractivity contribution is 5.59. The van der Waals surface area contributed by atoms with Crippen molar-refractivity contribution in [2.75, 3.05) is 5.32 Å². The van der Waals surface area contributed by atoms with E-state index in [-0.39, 0.29) is 5.56 Å². The summed E-state index contributed by atoms with van der Waals surface area (Å²) in [5.74, 6) is 1.19. The van der Waals surface area contributed by atoms with Gasteiger partial charge in [0.1, 0.15) is 5.82 Å². The van der Waals surface area contributed by atoms with Crippen LogP contribution in [-0.4, -0.2) is 29.5 Å². The molecule has 134 valence electrons. The van der Waals surface area contributed by atoms with Crippen molar-refractivity contribution in [2.24, 2.45) is 7.05 Å². The fourth-order valence-electron chi connectivity index (χ4n) is 2.64. The number of hydrogen-bond donors (Lipinski definition) is 1. The summed E-state index contributed by atoms with van der Waals surface area (Å²) in [4.78, 5) is 21.1. The van der Waals surface area contributed by atoms with Crippen molar-refractivity contribution in [2.45, 2.75) is 6.54 Å². The minimum atomic E-state index is -0.184. The largest absolute Gasteiger partial charge is 0.309 e. The second-order valence-corrected chi connectivity index (χ2v) is 5.96.